The summed E-state index contributed by atoms with van der Waals surface area (Å²) >= 11 is 0. The van der Waals surface area contributed by atoms with E-state index in [0.29, 0.717) is 5.75 Å². The molecule has 3 nitrogen and oxygen atoms in total. The topological polar surface area (TPSA) is 35.5 Å². The van der Waals surface area contributed by atoms with E-state index in [0.717, 1.165) is 12.0 Å². The van der Waals surface area contributed by atoms with Gasteiger partial charge in [-0.2, -0.15) is 0 Å². The Hall–Kier alpha value is -2.55. The summed E-state index contributed by atoms with van der Waals surface area (Å²) in [5.41, 5.74) is 2.28. The molecule has 0 radical (unpaired) electrons. The predicted molar refractivity (Wildman–Crippen MR) is 77.9 cm³/mol. The average molecular weight is 268 g/mol. The summed E-state index contributed by atoms with van der Waals surface area (Å²) in [5.74, 6) is 0.479. The number of hydrogen-bond donors (Lipinski definition) is 0. The van der Waals surface area contributed by atoms with Gasteiger partial charge in [-0.1, -0.05) is 55.1 Å². The highest BCUT2D eigenvalue weighted by atomic mass is 16.7. The van der Waals surface area contributed by atoms with Crippen LogP contribution in [0.25, 0.3) is 0 Å². The van der Waals surface area contributed by atoms with Crippen molar-refractivity contribution >= 4 is 6.16 Å². The van der Waals surface area contributed by atoms with E-state index in [-0.39, 0.29) is 6.61 Å². The van der Waals surface area contributed by atoms with Crippen molar-refractivity contribution in [3.8, 4) is 5.75 Å². The van der Waals surface area contributed by atoms with Crippen LogP contribution >= 0.6 is 0 Å². The molecule has 0 aromatic heterocycles. The lowest BCUT2D eigenvalue weighted by atomic mass is 10.1. The Morgan fingerprint density at radius 3 is 2.55 bits per heavy atom. The molecule has 0 aliphatic carbocycles. The summed E-state index contributed by atoms with van der Waals surface area (Å²) < 4.78 is 9.86. The van der Waals surface area contributed by atoms with Gasteiger partial charge in [-0.15, -0.1) is 0 Å². The van der Waals surface area contributed by atoms with Crippen LogP contribution in [0.5, 0.6) is 5.75 Å². The number of ether oxygens (including phenoxy) is 2. The lowest BCUT2D eigenvalue weighted by Crippen LogP contribution is -2.10. The highest BCUT2D eigenvalue weighted by molar-refractivity contribution is 5.64. The van der Waals surface area contributed by atoms with Gasteiger partial charge in [0.1, 0.15) is 12.4 Å². The summed E-state index contributed by atoms with van der Waals surface area (Å²) in [6.07, 6.45) is 1.56. The van der Waals surface area contributed by atoms with E-state index in [9.17, 15) is 4.79 Å². The Balaban J connectivity index is 2.01. The number of rotatable bonds is 5. The molecule has 2 aromatic rings. The summed E-state index contributed by atoms with van der Waals surface area (Å²) in [6, 6.07) is 17.5. The third kappa shape index (κ3) is 4.28. The first kappa shape index (κ1) is 13.9. The molecule has 0 unspecified atom stereocenters. The molecular formula is C17H16O3. The molecule has 0 amide bonds. The number of carbonyl (C=O) groups excluding carboxylic acids is 1. The minimum absolute atomic E-state index is 0.141. The Morgan fingerprint density at radius 2 is 1.80 bits per heavy atom. The zero-order valence-electron chi connectivity index (χ0n) is 11.1. The van der Waals surface area contributed by atoms with E-state index in [2.05, 4.69) is 18.7 Å². The Kier molecular flexibility index (Phi) is 4.95. The van der Waals surface area contributed by atoms with Crippen molar-refractivity contribution in [1.82, 2.24) is 0 Å². The van der Waals surface area contributed by atoms with Crippen LogP contribution in [0.2, 0.25) is 0 Å². The van der Waals surface area contributed by atoms with Gasteiger partial charge in [0.05, 0.1) is 0 Å². The zero-order valence-corrected chi connectivity index (χ0v) is 11.1. The van der Waals surface area contributed by atoms with Crippen molar-refractivity contribution in [3.63, 3.8) is 0 Å². The van der Waals surface area contributed by atoms with Gasteiger partial charge in [0.2, 0.25) is 0 Å². The molecule has 0 aliphatic heterocycles. The molecule has 0 saturated carbocycles. The first-order chi connectivity index (χ1) is 9.78. The summed E-state index contributed by atoms with van der Waals surface area (Å²) in [7, 11) is 0. The van der Waals surface area contributed by atoms with E-state index < -0.39 is 6.16 Å². The maximum atomic E-state index is 11.3. The van der Waals surface area contributed by atoms with Crippen molar-refractivity contribution in [2.24, 2.45) is 0 Å². The second kappa shape index (κ2) is 7.14. The van der Waals surface area contributed by atoms with Crippen molar-refractivity contribution in [2.45, 2.75) is 6.42 Å². The molecule has 0 spiro atoms. The highest BCUT2D eigenvalue weighted by Crippen LogP contribution is 2.17. The quantitative estimate of drug-likeness (QED) is 0.467. The SMILES string of the molecule is C=CCOC(=O)Oc1cccc(Cc2ccccc2)c1. The second-order valence-electron chi connectivity index (χ2n) is 4.26. The molecule has 3 heteroatoms. The minimum Gasteiger partial charge on any atom is -0.430 e. The molecule has 0 N–H and O–H groups in total. The van der Waals surface area contributed by atoms with Gasteiger partial charge in [0, 0.05) is 0 Å². The maximum absolute atomic E-state index is 11.3. The summed E-state index contributed by atoms with van der Waals surface area (Å²) in [5, 5.41) is 0. The standard InChI is InChI=1S/C17H16O3/c1-2-11-19-17(18)20-16-10-6-9-15(13-16)12-14-7-4-3-5-8-14/h2-10,13H,1,11-12H2. The number of hydrogen-bond acceptors (Lipinski definition) is 3. The third-order valence-corrected chi connectivity index (χ3v) is 2.67. The fourth-order valence-electron chi connectivity index (χ4n) is 1.80. The Morgan fingerprint density at radius 1 is 1.05 bits per heavy atom. The molecular weight excluding hydrogens is 252 g/mol. The normalized spacial score (nSPS) is 9.80. The number of carbonyl (C=O) groups is 1. The van der Waals surface area contributed by atoms with Gasteiger partial charge in [-0.3, -0.25) is 0 Å². The first-order valence-electron chi connectivity index (χ1n) is 6.36. The minimum atomic E-state index is -0.721. The monoisotopic (exact) mass is 268 g/mol. The van der Waals surface area contributed by atoms with E-state index in [1.165, 1.54) is 11.6 Å². The largest absolute Gasteiger partial charge is 0.514 e. The fourth-order valence-corrected chi connectivity index (χ4v) is 1.80. The van der Waals surface area contributed by atoms with E-state index in [1.807, 2.05) is 36.4 Å². The van der Waals surface area contributed by atoms with Gasteiger partial charge in [0.15, 0.2) is 0 Å². The van der Waals surface area contributed by atoms with Crippen LogP contribution in [0.3, 0.4) is 0 Å². The third-order valence-electron chi connectivity index (χ3n) is 2.67. The van der Waals surface area contributed by atoms with Gasteiger partial charge in [-0.25, -0.2) is 4.79 Å². The summed E-state index contributed by atoms with van der Waals surface area (Å²) in [4.78, 5) is 11.3. The van der Waals surface area contributed by atoms with E-state index in [4.69, 9.17) is 9.47 Å². The second-order valence-corrected chi connectivity index (χ2v) is 4.26. The predicted octanol–water partition coefficient (Wildman–Crippen LogP) is 3.98. The molecule has 0 aliphatic rings. The van der Waals surface area contributed by atoms with Crippen LogP contribution in [-0.4, -0.2) is 12.8 Å². The smallest absolute Gasteiger partial charge is 0.430 e. The molecule has 20 heavy (non-hydrogen) atoms. The molecule has 0 fully saturated rings. The van der Waals surface area contributed by atoms with Crippen molar-refractivity contribution in [2.75, 3.05) is 6.61 Å². The van der Waals surface area contributed by atoms with Gasteiger partial charge >= 0.3 is 6.16 Å². The molecule has 102 valence electrons. The molecule has 0 atom stereocenters. The zero-order chi connectivity index (χ0) is 14.2. The Labute approximate surface area is 118 Å². The molecule has 0 saturated heterocycles. The van der Waals surface area contributed by atoms with E-state index in [1.54, 1.807) is 6.07 Å². The van der Waals surface area contributed by atoms with Crippen molar-refractivity contribution in [3.05, 3.63) is 78.4 Å². The lowest BCUT2D eigenvalue weighted by Gasteiger charge is -2.06. The van der Waals surface area contributed by atoms with Crippen LogP contribution in [-0.2, 0) is 11.2 Å². The van der Waals surface area contributed by atoms with Crippen LogP contribution in [0.4, 0.5) is 4.79 Å². The van der Waals surface area contributed by atoms with Crippen LogP contribution in [0.15, 0.2) is 67.3 Å². The van der Waals surface area contributed by atoms with Crippen LogP contribution < -0.4 is 4.74 Å². The lowest BCUT2D eigenvalue weighted by molar-refractivity contribution is 0.109. The molecule has 2 aromatic carbocycles. The summed E-state index contributed by atoms with van der Waals surface area (Å²) in [6.45, 7) is 3.61. The van der Waals surface area contributed by atoms with Gasteiger partial charge < -0.3 is 9.47 Å². The van der Waals surface area contributed by atoms with Crippen molar-refractivity contribution < 1.29 is 14.3 Å². The molecule has 0 bridgehead atoms. The van der Waals surface area contributed by atoms with E-state index >= 15 is 0 Å². The fraction of sp³-hybridized carbons (Fsp3) is 0.118. The number of benzene rings is 2. The molecule has 0 heterocycles. The highest BCUT2D eigenvalue weighted by Gasteiger charge is 2.05. The Bertz CT molecular complexity index is 576. The van der Waals surface area contributed by atoms with Gasteiger partial charge in [0.25, 0.3) is 0 Å². The maximum Gasteiger partial charge on any atom is 0.514 e. The van der Waals surface area contributed by atoms with Gasteiger partial charge in [-0.05, 0) is 29.7 Å². The molecule has 2 rings (SSSR count). The van der Waals surface area contributed by atoms with Crippen molar-refractivity contribution in [1.29, 1.82) is 0 Å². The van der Waals surface area contributed by atoms with Crippen LogP contribution in [0, 0.1) is 0 Å². The first-order valence-corrected chi connectivity index (χ1v) is 6.36. The average Bonchev–Trinajstić information content (AvgIpc) is 2.46. The van der Waals surface area contributed by atoms with Crippen LogP contribution in [0.1, 0.15) is 11.1 Å².